The van der Waals surface area contributed by atoms with Gasteiger partial charge in [0.05, 0.1) is 23.7 Å². The van der Waals surface area contributed by atoms with E-state index in [1.54, 1.807) is 6.07 Å². The molecule has 1 aromatic carbocycles. The topological polar surface area (TPSA) is 72.2 Å². The zero-order valence-corrected chi connectivity index (χ0v) is 11.9. The van der Waals surface area contributed by atoms with Crippen molar-refractivity contribution < 1.29 is 17.9 Å². The maximum atomic E-state index is 13.7. The van der Waals surface area contributed by atoms with E-state index >= 15 is 0 Å². The summed E-state index contributed by atoms with van der Waals surface area (Å²) in [5.41, 5.74) is 0.477. The number of aromatic nitrogens is 2. The molecule has 0 saturated heterocycles. The van der Waals surface area contributed by atoms with Crippen molar-refractivity contribution in [2.24, 2.45) is 7.05 Å². The van der Waals surface area contributed by atoms with E-state index < -0.39 is 20.9 Å². The van der Waals surface area contributed by atoms with Crippen LogP contribution in [0.25, 0.3) is 0 Å². The molecular formula is C13H15FN2O3S. The average Bonchev–Trinajstić information content (AvgIpc) is 2.80. The zero-order chi connectivity index (χ0) is 14.9. The van der Waals surface area contributed by atoms with Gasteiger partial charge in [0.1, 0.15) is 5.82 Å². The van der Waals surface area contributed by atoms with Crippen LogP contribution in [0.5, 0.6) is 0 Å². The summed E-state index contributed by atoms with van der Waals surface area (Å²) in [6.45, 7) is 1.11. The standard InChI is InChI=1S/C13H15FN2O3S/c1-9(11-5-3-4-6-12(11)14)20(18,19)13-15-7-10(8-17)16(13)2/h3-7,9,17H,8H2,1-2H3. The molecule has 20 heavy (non-hydrogen) atoms. The lowest BCUT2D eigenvalue weighted by Crippen LogP contribution is -2.17. The summed E-state index contributed by atoms with van der Waals surface area (Å²) in [4.78, 5) is 3.83. The van der Waals surface area contributed by atoms with Crippen molar-refractivity contribution in [2.45, 2.75) is 23.9 Å². The van der Waals surface area contributed by atoms with Crippen molar-refractivity contribution in [2.75, 3.05) is 0 Å². The Hall–Kier alpha value is -1.73. The van der Waals surface area contributed by atoms with Crippen molar-refractivity contribution in [3.05, 3.63) is 47.5 Å². The Balaban J connectivity index is 2.50. The molecule has 2 aromatic rings. The van der Waals surface area contributed by atoms with Gasteiger partial charge < -0.3 is 9.67 Å². The highest BCUT2D eigenvalue weighted by molar-refractivity contribution is 7.91. The maximum Gasteiger partial charge on any atom is 0.228 e. The lowest BCUT2D eigenvalue weighted by Gasteiger charge is -2.14. The number of nitrogens with zero attached hydrogens (tertiary/aromatic N) is 2. The lowest BCUT2D eigenvalue weighted by atomic mass is 10.1. The Bertz CT molecular complexity index is 725. The van der Waals surface area contributed by atoms with Crippen LogP contribution in [0.4, 0.5) is 4.39 Å². The number of aliphatic hydroxyl groups is 1. The van der Waals surface area contributed by atoms with Gasteiger partial charge in [0.2, 0.25) is 15.0 Å². The molecule has 0 fully saturated rings. The van der Waals surface area contributed by atoms with E-state index in [0.717, 1.165) is 0 Å². The minimum absolute atomic E-state index is 0.0982. The van der Waals surface area contributed by atoms with E-state index in [2.05, 4.69) is 4.98 Å². The van der Waals surface area contributed by atoms with Crippen LogP contribution in [0.1, 0.15) is 23.4 Å². The van der Waals surface area contributed by atoms with Crippen molar-refractivity contribution >= 4 is 9.84 Å². The molecule has 7 heteroatoms. The zero-order valence-electron chi connectivity index (χ0n) is 11.1. The van der Waals surface area contributed by atoms with Gasteiger partial charge in [-0.1, -0.05) is 18.2 Å². The molecule has 0 spiro atoms. The smallest absolute Gasteiger partial charge is 0.228 e. The van der Waals surface area contributed by atoms with Crippen molar-refractivity contribution in [3.63, 3.8) is 0 Å². The molecule has 1 N–H and O–H groups in total. The molecule has 0 bridgehead atoms. The van der Waals surface area contributed by atoms with Gasteiger partial charge in [-0.2, -0.15) is 0 Å². The van der Waals surface area contributed by atoms with E-state index in [9.17, 15) is 12.8 Å². The minimum atomic E-state index is -3.83. The fourth-order valence-corrected chi connectivity index (χ4v) is 3.51. The van der Waals surface area contributed by atoms with E-state index in [4.69, 9.17) is 5.11 Å². The number of hydrogen-bond donors (Lipinski definition) is 1. The van der Waals surface area contributed by atoms with E-state index in [-0.39, 0.29) is 17.3 Å². The second kappa shape index (κ2) is 5.34. The first-order chi connectivity index (χ1) is 9.39. The summed E-state index contributed by atoms with van der Waals surface area (Å²) in [6, 6.07) is 5.75. The highest BCUT2D eigenvalue weighted by Gasteiger charge is 2.31. The number of benzene rings is 1. The molecule has 5 nitrogen and oxygen atoms in total. The first-order valence-corrected chi connectivity index (χ1v) is 7.54. The third-order valence-corrected chi connectivity index (χ3v) is 5.34. The van der Waals surface area contributed by atoms with Crippen LogP contribution in [-0.2, 0) is 23.5 Å². The molecule has 0 radical (unpaired) electrons. The first kappa shape index (κ1) is 14.7. The summed E-state index contributed by atoms with van der Waals surface area (Å²) in [5, 5.41) is 7.84. The predicted octanol–water partition coefficient (Wildman–Crippen LogP) is 1.59. The lowest BCUT2D eigenvalue weighted by molar-refractivity contribution is 0.271. The fraction of sp³-hybridized carbons (Fsp3) is 0.308. The average molecular weight is 298 g/mol. The van der Waals surface area contributed by atoms with Gasteiger partial charge >= 0.3 is 0 Å². The first-order valence-electron chi connectivity index (χ1n) is 5.99. The van der Waals surface area contributed by atoms with Crippen LogP contribution in [0, 0.1) is 5.82 Å². The second-order valence-electron chi connectivity index (χ2n) is 4.46. The van der Waals surface area contributed by atoms with Crippen LogP contribution >= 0.6 is 0 Å². The maximum absolute atomic E-state index is 13.7. The molecule has 0 aliphatic heterocycles. The van der Waals surface area contributed by atoms with Crippen LogP contribution in [0.2, 0.25) is 0 Å². The highest BCUT2D eigenvalue weighted by Crippen LogP contribution is 2.29. The Morgan fingerprint density at radius 3 is 2.60 bits per heavy atom. The van der Waals surface area contributed by atoms with E-state index in [0.29, 0.717) is 5.69 Å². The Morgan fingerprint density at radius 2 is 2.05 bits per heavy atom. The van der Waals surface area contributed by atoms with Crippen LogP contribution < -0.4 is 0 Å². The molecule has 0 amide bonds. The highest BCUT2D eigenvalue weighted by atomic mass is 32.2. The third kappa shape index (κ3) is 2.34. The van der Waals surface area contributed by atoms with Gasteiger partial charge in [-0.15, -0.1) is 0 Å². The molecule has 0 aliphatic rings. The van der Waals surface area contributed by atoms with Crippen molar-refractivity contribution in [1.29, 1.82) is 0 Å². The monoisotopic (exact) mass is 298 g/mol. The number of sulfone groups is 1. The number of imidazole rings is 1. The molecule has 0 aliphatic carbocycles. The Morgan fingerprint density at radius 1 is 1.40 bits per heavy atom. The largest absolute Gasteiger partial charge is 0.390 e. The molecule has 1 heterocycles. The molecular weight excluding hydrogens is 283 g/mol. The summed E-state index contributed by atoms with van der Waals surface area (Å²) in [5.74, 6) is -0.569. The third-order valence-electron chi connectivity index (χ3n) is 3.27. The van der Waals surface area contributed by atoms with Crippen molar-refractivity contribution in [3.8, 4) is 0 Å². The molecule has 0 saturated carbocycles. The molecule has 1 atom stereocenters. The van der Waals surface area contributed by atoms with Crippen LogP contribution in [0.15, 0.2) is 35.6 Å². The summed E-state index contributed by atoms with van der Waals surface area (Å²) >= 11 is 0. The summed E-state index contributed by atoms with van der Waals surface area (Å²) < 4.78 is 40.0. The molecule has 1 unspecified atom stereocenters. The normalized spacial score (nSPS) is 13.4. The number of aliphatic hydroxyl groups excluding tert-OH is 1. The van der Waals surface area contributed by atoms with Gasteiger partial charge in [-0.25, -0.2) is 17.8 Å². The van der Waals surface area contributed by atoms with E-state index in [1.807, 2.05) is 0 Å². The van der Waals surface area contributed by atoms with Crippen LogP contribution in [0.3, 0.4) is 0 Å². The fourth-order valence-electron chi connectivity index (χ4n) is 1.97. The van der Waals surface area contributed by atoms with Crippen molar-refractivity contribution in [1.82, 2.24) is 9.55 Å². The number of hydrogen-bond acceptors (Lipinski definition) is 4. The Kier molecular flexibility index (Phi) is 3.92. The summed E-state index contributed by atoms with van der Waals surface area (Å²) in [7, 11) is -2.33. The van der Waals surface area contributed by atoms with E-state index in [1.165, 1.54) is 42.9 Å². The van der Waals surface area contributed by atoms with Gasteiger partial charge in [0.25, 0.3) is 0 Å². The van der Waals surface area contributed by atoms with Gasteiger partial charge in [-0.05, 0) is 13.0 Å². The molecule has 1 aromatic heterocycles. The quantitative estimate of drug-likeness (QED) is 0.930. The predicted molar refractivity (Wildman–Crippen MR) is 71.1 cm³/mol. The molecule has 108 valence electrons. The second-order valence-corrected chi connectivity index (χ2v) is 6.62. The Labute approximate surface area is 116 Å². The minimum Gasteiger partial charge on any atom is -0.390 e. The molecule has 2 rings (SSSR count). The van der Waals surface area contributed by atoms with Gasteiger partial charge in [0, 0.05) is 12.6 Å². The van der Waals surface area contributed by atoms with Gasteiger partial charge in [0.15, 0.2) is 0 Å². The number of halogens is 1. The van der Waals surface area contributed by atoms with Gasteiger partial charge in [-0.3, -0.25) is 0 Å². The number of rotatable bonds is 4. The SMILES string of the molecule is CC(c1ccccc1F)S(=O)(=O)c1ncc(CO)n1C. The van der Waals surface area contributed by atoms with Crippen LogP contribution in [-0.4, -0.2) is 23.1 Å². The summed E-state index contributed by atoms with van der Waals surface area (Å²) in [6.07, 6.45) is 1.29.